The lowest BCUT2D eigenvalue weighted by atomic mass is 10.2. The molecular formula is C11H19ClN2. The van der Waals surface area contributed by atoms with Crippen LogP contribution in [-0.4, -0.2) is 36.6 Å². The Kier molecular flexibility index (Phi) is 3.47. The minimum Gasteiger partial charge on any atom is -0.313 e. The zero-order valence-electron chi connectivity index (χ0n) is 8.64. The summed E-state index contributed by atoms with van der Waals surface area (Å²) in [4.78, 5) is 2.48. The van der Waals surface area contributed by atoms with Gasteiger partial charge in [0, 0.05) is 30.2 Å². The smallest absolute Gasteiger partial charge is 0.0339 e. The largest absolute Gasteiger partial charge is 0.313 e. The fraction of sp³-hybridized carbons (Fsp3) is 0.818. The van der Waals surface area contributed by atoms with Gasteiger partial charge in [0.15, 0.2) is 0 Å². The Morgan fingerprint density at radius 3 is 2.71 bits per heavy atom. The van der Waals surface area contributed by atoms with Gasteiger partial charge in [-0.05, 0) is 32.2 Å². The van der Waals surface area contributed by atoms with Crippen molar-refractivity contribution in [1.82, 2.24) is 10.2 Å². The van der Waals surface area contributed by atoms with Gasteiger partial charge in [-0.3, -0.25) is 4.90 Å². The zero-order valence-corrected chi connectivity index (χ0v) is 9.39. The molecule has 1 unspecified atom stereocenters. The van der Waals surface area contributed by atoms with Crippen LogP contribution in [0.15, 0.2) is 11.6 Å². The number of nitrogens with zero attached hydrogens (tertiary/aromatic N) is 1. The average Bonchev–Trinajstić information content (AvgIpc) is 2.85. The third kappa shape index (κ3) is 2.97. The monoisotopic (exact) mass is 214 g/mol. The molecule has 2 aliphatic rings. The lowest BCUT2D eigenvalue weighted by Crippen LogP contribution is -2.39. The predicted molar refractivity (Wildman–Crippen MR) is 60.6 cm³/mol. The van der Waals surface area contributed by atoms with E-state index in [1.54, 1.807) is 0 Å². The Morgan fingerprint density at radius 2 is 2.21 bits per heavy atom. The van der Waals surface area contributed by atoms with Gasteiger partial charge in [0.2, 0.25) is 0 Å². The number of rotatable bonds is 5. The Bertz CT molecular complexity index is 207. The van der Waals surface area contributed by atoms with Crippen LogP contribution in [0, 0.1) is 0 Å². The molecule has 0 aromatic rings. The molecule has 2 nitrogen and oxygen atoms in total. The van der Waals surface area contributed by atoms with E-state index >= 15 is 0 Å². The van der Waals surface area contributed by atoms with E-state index < -0.39 is 0 Å². The lowest BCUT2D eigenvalue weighted by molar-refractivity contribution is 0.262. The quantitative estimate of drug-likeness (QED) is 0.753. The molecule has 1 N–H and O–H groups in total. The second kappa shape index (κ2) is 4.65. The minimum atomic E-state index is 0.687. The third-order valence-electron chi connectivity index (χ3n) is 3.06. The highest BCUT2D eigenvalue weighted by Crippen LogP contribution is 2.28. The van der Waals surface area contributed by atoms with Gasteiger partial charge in [-0.15, -0.1) is 0 Å². The molecule has 0 aromatic heterocycles. The van der Waals surface area contributed by atoms with Crippen molar-refractivity contribution in [3.8, 4) is 0 Å². The Balaban J connectivity index is 1.80. The molecule has 3 heteroatoms. The second-order valence-corrected chi connectivity index (χ2v) is 5.01. The van der Waals surface area contributed by atoms with Crippen molar-refractivity contribution in [2.24, 2.45) is 0 Å². The van der Waals surface area contributed by atoms with Gasteiger partial charge in [-0.2, -0.15) is 0 Å². The SMILES string of the molecule is C=C(Cl)CN(CC1CCCN1)C1CC1. The molecule has 2 rings (SSSR count). The molecule has 80 valence electrons. The summed E-state index contributed by atoms with van der Waals surface area (Å²) in [6, 6.07) is 1.47. The fourth-order valence-electron chi connectivity index (χ4n) is 2.20. The molecule has 1 aliphatic carbocycles. The highest BCUT2D eigenvalue weighted by atomic mass is 35.5. The molecule has 0 aromatic carbocycles. The van der Waals surface area contributed by atoms with Gasteiger partial charge < -0.3 is 5.32 Å². The fourth-order valence-corrected chi connectivity index (χ4v) is 2.35. The van der Waals surface area contributed by atoms with Crippen LogP contribution < -0.4 is 5.32 Å². The summed E-state index contributed by atoms with van der Waals surface area (Å²) < 4.78 is 0. The van der Waals surface area contributed by atoms with Gasteiger partial charge in [0.1, 0.15) is 0 Å². The van der Waals surface area contributed by atoms with Crippen LogP contribution in [0.25, 0.3) is 0 Å². The van der Waals surface area contributed by atoms with Crippen LogP contribution in [0.3, 0.4) is 0 Å². The van der Waals surface area contributed by atoms with Crippen molar-refractivity contribution in [3.63, 3.8) is 0 Å². The molecule has 1 saturated heterocycles. The highest BCUT2D eigenvalue weighted by molar-refractivity contribution is 6.29. The van der Waals surface area contributed by atoms with E-state index in [-0.39, 0.29) is 0 Å². The molecule has 0 bridgehead atoms. The maximum absolute atomic E-state index is 5.87. The van der Waals surface area contributed by atoms with Crippen molar-refractivity contribution in [2.45, 2.75) is 37.8 Å². The van der Waals surface area contributed by atoms with Crippen molar-refractivity contribution in [2.75, 3.05) is 19.6 Å². The van der Waals surface area contributed by atoms with Gasteiger partial charge in [0.05, 0.1) is 0 Å². The Morgan fingerprint density at radius 1 is 1.43 bits per heavy atom. The standard InChI is InChI=1S/C11H19ClN2/c1-9(12)7-14(11-4-5-11)8-10-3-2-6-13-10/h10-11,13H,1-8H2. The molecule has 1 saturated carbocycles. The molecule has 2 fully saturated rings. The zero-order chi connectivity index (χ0) is 9.97. The van der Waals surface area contributed by atoms with Gasteiger partial charge in [-0.1, -0.05) is 18.2 Å². The van der Waals surface area contributed by atoms with E-state index in [1.165, 1.54) is 32.2 Å². The number of nitrogens with one attached hydrogen (secondary N) is 1. The van der Waals surface area contributed by atoms with Crippen LogP contribution in [0.5, 0.6) is 0 Å². The van der Waals surface area contributed by atoms with E-state index in [0.717, 1.165) is 24.2 Å². The first-order valence-electron chi connectivity index (χ1n) is 5.56. The van der Waals surface area contributed by atoms with E-state index in [1.807, 2.05) is 0 Å². The third-order valence-corrected chi connectivity index (χ3v) is 3.17. The lowest BCUT2D eigenvalue weighted by Gasteiger charge is -2.24. The van der Waals surface area contributed by atoms with E-state index in [2.05, 4.69) is 16.8 Å². The summed E-state index contributed by atoms with van der Waals surface area (Å²) >= 11 is 5.87. The summed E-state index contributed by atoms with van der Waals surface area (Å²) in [7, 11) is 0. The Hall–Kier alpha value is -0.0500. The molecule has 1 atom stereocenters. The molecule has 0 amide bonds. The summed E-state index contributed by atoms with van der Waals surface area (Å²) in [6.07, 6.45) is 5.33. The molecule has 0 spiro atoms. The summed E-state index contributed by atoms with van der Waals surface area (Å²) in [5.74, 6) is 0. The molecule has 0 radical (unpaired) electrons. The molecule has 1 aliphatic heterocycles. The first kappa shape index (κ1) is 10.5. The first-order chi connectivity index (χ1) is 6.75. The van der Waals surface area contributed by atoms with Crippen LogP contribution in [0.4, 0.5) is 0 Å². The second-order valence-electron chi connectivity index (χ2n) is 4.47. The van der Waals surface area contributed by atoms with E-state index in [0.29, 0.717) is 6.04 Å². The molecular weight excluding hydrogens is 196 g/mol. The van der Waals surface area contributed by atoms with Crippen molar-refractivity contribution in [3.05, 3.63) is 11.6 Å². The molecule has 1 heterocycles. The maximum atomic E-state index is 5.87. The van der Waals surface area contributed by atoms with Crippen molar-refractivity contribution < 1.29 is 0 Å². The average molecular weight is 215 g/mol. The minimum absolute atomic E-state index is 0.687. The first-order valence-corrected chi connectivity index (χ1v) is 5.94. The topological polar surface area (TPSA) is 15.3 Å². The normalized spacial score (nSPS) is 27.1. The number of halogens is 1. The van der Waals surface area contributed by atoms with Crippen LogP contribution in [0.2, 0.25) is 0 Å². The van der Waals surface area contributed by atoms with Crippen LogP contribution in [-0.2, 0) is 0 Å². The molecule has 14 heavy (non-hydrogen) atoms. The predicted octanol–water partition coefficient (Wildman–Crippen LogP) is 1.96. The van der Waals surface area contributed by atoms with E-state index in [4.69, 9.17) is 11.6 Å². The van der Waals surface area contributed by atoms with Crippen molar-refractivity contribution in [1.29, 1.82) is 0 Å². The van der Waals surface area contributed by atoms with Gasteiger partial charge >= 0.3 is 0 Å². The Labute approximate surface area is 91.3 Å². The van der Waals surface area contributed by atoms with Crippen LogP contribution in [0.1, 0.15) is 25.7 Å². The number of hydrogen-bond donors (Lipinski definition) is 1. The van der Waals surface area contributed by atoms with Gasteiger partial charge in [-0.25, -0.2) is 0 Å². The summed E-state index contributed by atoms with van der Waals surface area (Å²) in [5, 5.41) is 4.30. The van der Waals surface area contributed by atoms with E-state index in [9.17, 15) is 0 Å². The van der Waals surface area contributed by atoms with Crippen molar-refractivity contribution >= 4 is 11.6 Å². The van der Waals surface area contributed by atoms with Crippen LogP contribution >= 0.6 is 11.6 Å². The number of hydrogen-bond acceptors (Lipinski definition) is 2. The summed E-state index contributed by atoms with van der Waals surface area (Å²) in [5.41, 5.74) is 0. The van der Waals surface area contributed by atoms with Gasteiger partial charge in [0.25, 0.3) is 0 Å². The maximum Gasteiger partial charge on any atom is 0.0339 e. The highest BCUT2D eigenvalue weighted by Gasteiger charge is 2.31. The summed E-state index contributed by atoms with van der Waals surface area (Å²) in [6.45, 7) is 6.98.